The van der Waals surface area contributed by atoms with E-state index in [0.29, 0.717) is 6.54 Å². The number of fused-ring (bicyclic) bond motifs is 1. The van der Waals surface area contributed by atoms with Crippen molar-refractivity contribution in [2.75, 3.05) is 17.7 Å². The Labute approximate surface area is 180 Å². The highest BCUT2D eigenvalue weighted by molar-refractivity contribution is 5.96. The van der Waals surface area contributed by atoms with Crippen LogP contribution in [0.1, 0.15) is 27.2 Å². The number of anilines is 2. The lowest BCUT2D eigenvalue weighted by Crippen LogP contribution is -2.27. The summed E-state index contributed by atoms with van der Waals surface area (Å²) in [6.07, 6.45) is 6.48. The van der Waals surface area contributed by atoms with Crippen molar-refractivity contribution >= 4 is 28.4 Å². The first-order chi connectivity index (χ1) is 15.0. The first kappa shape index (κ1) is 20.2. The lowest BCUT2D eigenvalue weighted by molar-refractivity contribution is 0.0946. The number of pyridine rings is 2. The summed E-state index contributed by atoms with van der Waals surface area (Å²) in [5.74, 6) is 0.509. The van der Waals surface area contributed by atoms with Gasteiger partial charge in [0.2, 0.25) is 0 Å². The summed E-state index contributed by atoms with van der Waals surface area (Å²) in [6.45, 7) is 2.95. The van der Waals surface area contributed by atoms with Crippen LogP contribution in [0.3, 0.4) is 0 Å². The van der Waals surface area contributed by atoms with Gasteiger partial charge < -0.3 is 16.0 Å². The summed E-state index contributed by atoms with van der Waals surface area (Å²) < 4.78 is 0. The fourth-order valence-electron chi connectivity index (χ4n) is 3.46. The predicted octanol–water partition coefficient (Wildman–Crippen LogP) is 2.88. The van der Waals surface area contributed by atoms with Gasteiger partial charge in [0, 0.05) is 55.9 Å². The second-order valence-electron chi connectivity index (χ2n) is 7.31. The van der Waals surface area contributed by atoms with Gasteiger partial charge in [-0.1, -0.05) is 24.3 Å². The number of hydrogen-bond acceptors (Lipinski definition) is 7. The molecule has 8 heteroatoms. The van der Waals surface area contributed by atoms with Crippen LogP contribution >= 0.6 is 0 Å². The minimum atomic E-state index is -0.379. The molecule has 0 saturated carbocycles. The van der Waals surface area contributed by atoms with Crippen molar-refractivity contribution in [3.63, 3.8) is 0 Å². The van der Waals surface area contributed by atoms with Gasteiger partial charge >= 0.3 is 0 Å². The zero-order valence-electron chi connectivity index (χ0n) is 17.4. The molecule has 0 spiro atoms. The molecule has 3 N–H and O–H groups in total. The number of para-hydroxylation sites is 1. The number of nitrogens with zero attached hydrogens (tertiary/aromatic N) is 5. The lowest BCUT2D eigenvalue weighted by atomic mass is 10.1. The van der Waals surface area contributed by atoms with Crippen LogP contribution in [0.4, 0.5) is 11.6 Å². The number of aryl methyl sites for hydroxylation is 1. The van der Waals surface area contributed by atoms with E-state index < -0.39 is 0 Å². The number of benzene rings is 1. The van der Waals surface area contributed by atoms with E-state index in [9.17, 15) is 4.79 Å². The minimum absolute atomic E-state index is 0.0983. The Morgan fingerprint density at radius 2 is 1.97 bits per heavy atom. The highest BCUT2D eigenvalue weighted by atomic mass is 16.1. The fraction of sp³-hybridized carbons (Fsp3) is 0.174. The molecule has 0 saturated heterocycles. The molecule has 4 rings (SSSR count). The first-order valence-electron chi connectivity index (χ1n) is 9.87. The molecule has 1 aromatic carbocycles. The molecular formula is C23H23N7O. The van der Waals surface area contributed by atoms with E-state index in [0.717, 1.165) is 33.4 Å². The SMILES string of the molecule is Cc1cccc2cc(CNC(=O)c3nccnc3N)c(N(C)Cc3cccnc3)nc12. The third-order valence-electron chi connectivity index (χ3n) is 4.99. The standard InChI is InChI=1S/C23H23N7O/c1-15-5-3-7-17-11-18(13-28-23(31)20-21(24)27-10-9-26-20)22(29-19(15)17)30(2)14-16-6-4-8-25-12-16/h3-12H,13-14H2,1-2H3,(H2,24,27)(H,28,31). The van der Waals surface area contributed by atoms with Crippen LogP contribution in [0.25, 0.3) is 10.9 Å². The molecule has 0 unspecified atom stereocenters. The van der Waals surface area contributed by atoms with Crippen LogP contribution < -0.4 is 16.0 Å². The van der Waals surface area contributed by atoms with Crippen LogP contribution in [-0.2, 0) is 13.1 Å². The molecule has 3 aromatic heterocycles. The van der Waals surface area contributed by atoms with Gasteiger partial charge in [-0.05, 0) is 30.2 Å². The average Bonchev–Trinajstić information content (AvgIpc) is 2.78. The minimum Gasteiger partial charge on any atom is -0.382 e. The van der Waals surface area contributed by atoms with E-state index in [1.807, 2.05) is 50.5 Å². The van der Waals surface area contributed by atoms with Gasteiger partial charge in [-0.2, -0.15) is 0 Å². The van der Waals surface area contributed by atoms with Gasteiger partial charge in [0.15, 0.2) is 11.5 Å². The van der Waals surface area contributed by atoms with Crippen molar-refractivity contribution in [3.8, 4) is 0 Å². The summed E-state index contributed by atoms with van der Waals surface area (Å²) in [7, 11) is 1.98. The Morgan fingerprint density at radius 1 is 1.13 bits per heavy atom. The largest absolute Gasteiger partial charge is 0.382 e. The molecule has 31 heavy (non-hydrogen) atoms. The number of rotatable bonds is 6. The van der Waals surface area contributed by atoms with Crippen LogP contribution in [0.15, 0.2) is 61.2 Å². The van der Waals surface area contributed by atoms with Gasteiger partial charge in [-0.15, -0.1) is 0 Å². The molecule has 4 aromatic rings. The number of nitrogen functional groups attached to an aromatic ring is 1. The molecule has 8 nitrogen and oxygen atoms in total. The molecule has 156 valence electrons. The Balaban J connectivity index is 1.66. The van der Waals surface area contributed by atoms with Crippen molar-refractivity contribution < 1.29 is 4.79 Å². The topological polar surface area (TPSA) is 110 Å². The summed E-state index contributed by atoms with van der Waals surface area (Å²) in [5, 5.41) is 3.91. The molecule has 0 aliphatic rings. The summed E-state index contributed by atoms with van der Waals surface area (Å²) in [6, 6.07) is 12.1. The second kappa shape index (κ2) is 8.74. The molecule has 1 amide bonds. The summed E-state index contributed by atoms with van der Waals surface area (Å²) in [5.41, 5.74) is 9.88. The highest BCUT2D eigenvalue weighted by Gasteiger charge is 2.16. The van der Waals surface area contributed by atoms with E-state index in [2.05, 4.69) is 31.2 Å². The third-order valence-corrected chi connectivity index (χ3v) is 4.99. The molecule has 0 atom stereocenters. The van der Waals surface area contributed by atoms with Gasteiger partial charge in [-0.25, -0.2) is 15.0 Å². The van der Waals surface area contributed by atoms with Crippen molar-refractivity contribution in [2.45, 2.75) is 20.0 Å². The van der Waals surface area contributed by atoms with E-state index in [-0.39, 0.29) is 24.0 Å². The first-order valence-corrected chi connectivity index (χ1v) is 9.87. The van der Waals surface area contributed by atoms with E-state index in [1.54, 1.807) is 6.20 Å². The molecule has 0 aliphatic heterocycles. The van der Waals surface area contributed by atoms with Crippen molar-refractivity contribution in [1.29, 1.82) is 0 Å². The van der Waals surface area contributed by atoms with Crippen LogP contribution in [0, 0.1) is 6.92 Å². The Morgan fingerprint density at radius 3 is 2.74 bits per heavy atom. The van der Waals surface area contributed by atoms with E-state index >= 15 is 0 Å². The number of carbonyl (C=O) groups is 1. The number of aromatic nitrogens is 4. The highest BCUT2D eigenvalue weighted by Crippen LogP contribution is 2.26. The predicted molar refractivity (Wildman–Crippen MR) is 120 cm³/mol. The Kier molecular flexibility index (Phi) is 5.70. The van der Waals surface area contributed by atoms with E-state index in [1.165, 1.54) is 12.4 Å². The molecule has 3 heterocycles. The van der Waals surface area contributed by atoms with Crippen LogP contribution in [0.2, 0.25) is 0 Å². The fourth-order valence-corrected chi connectivity index (χ4v) is 3.46. The molecule has 0 radical (unpaired) electrons. The molecule has 0 aliphatic carbocycles. The number of carbonyl (C=O) groups excluding carboxylic acids is 1. The zero-order chi connectivity index (χ0) is 21.8. The van der Waals surface area contributed by atoms with Gasteiger partial charge in [0.1, 0.15) is 5.82 Å². The number of nitrogens with two attached hydrogens (primary N) is 1. The maximum absolute atomic E-state index is 12.6. The van der Waals surface area contributed by atoms with Crippen molar-refractivity contribution in [1.82, 2.24) is 25.3 Å². The zero-order valence-corrected chi connectivity index (χ0v) is 17.4. The Hall–Kier alpha value is -4.07. The molecule has 0 fully saturated rings. The van der Waals surface area contributed by atoms with Gasteiger partial charge in [-0.3, -0.25) is 9.78 Å². The van der Waals surface area contributed by atoms with Gasteiger partial charge in [0.25, 0.3) is 5.91 Å². The van der Waals surface area contributed by atoms with Crippen LogP contribution in [0.5, 0.6) is 0 Å². The third kappa shape index (κ3) is 4.42. The monoisotopic (exact) mass is 413 g/mol. The molecular weight excluding hydrogens is 390 g/mol. The second-order valence-corrected chi connectivity index (χ2v) is 7.31. The van der Waals surface area contributed by atoms with Crippen molar-refractivity contribution in [2.24, 2.45) is 0 Å². The maximum atomic E-state index is 12.6. The van der Waals surface area contributed by atoms with Crippen LogP contribution in [-0.4, -0.2) is 32.9 Å². The molecule has 0 bridgehead atoms. The number of amides is 1. The summed E-state index contributed by atoms with van der Waals surface area (Å²) >= 11 is 0. The Bertz CT molecular complexity index is 1230. The maximum Gasteiger partial charge on any atom is 0.273 e. The normalized spacial score (nSPS) is 10.8. The van der Waals surface area contributed by atoms with Gasteiger partial charge in [0.05, 0.1) is 5.52 Å². The van der Waals surface area contributed by atoms with E-state index in [4.69, 9.17) is 10.7 Å². The summed E-state index contributed by atoms with van der Waals surface area (Å²) in [4.78, 5) is 31.7. The lowest BCUT2D eigenvalue weighted by Gasteiger charge is -2.22. The van der Waals surface area contributed by atoms with Crippen molar-refractivity contribution in [3.05, 3.63) is 83.6 Å². The average molecular weight is 413 g/mol. The smallest absolute Gasteiger partial charge is 0.273 e. The number of nitrogens with one attached hydrogen (secondary N) is 1. The number of hydrogen-bond donors (Lipinski definition) is 2. The quantitative estimate of drug-likeness (QED) is 0.500.